The number of halogens is 4. The van der Waals surface area contributed by atoms with Crippen molar-refractivity contribution < 1.29 is 4.39 Å². The predicted molar refractivity (Wildman–Crippen MR) is 118 cm³/mol. The minimum absolute atomic E-state index is 0.171. The maximum atomic E-state index is 13.3. The molecule has 0 saturated carbocycles. The molecular weight excluding hydrogens is 452 g/mol. The molecule has 0 N–H and O–H groups in total. The second kappa shape index (κ2) is 8.59. The number of hydrogen-bond donors (Lipinski definition) is 0. The Morgan fingerprint density at radius 2 is 1.60 bits per heavy atom. The molecule has 1 aliphatic rings. The van der Waals surface area contributed by atoms with Crippen molar-refractivity contribution in [1.29, 1.82) is 0 Å². The summed E-state index contributed by atoms with van der Waals surface area (Å²) < 4.78 is 16.4. The van der Waals surface area contributed by atoms with Gasteiger partial charge in [0.05, 0.1) is 27.1 Å². The molecule has 3 heterocycles. The molecule has 1 aliphatic heterocycles. The van der Waals surface area contributed by atoms with Crippen LogP contribution in [0.15, 0.2) is 41.5 Å². The maximum Gasteiger partial charge on any atom is 0.290 e. The van der Waals surface area contributed by atoms with E-state index in [4.69, 9.17) is 34.8 Å². The average Bonchev–Trinajstić information content (AvgIpc) is 2.93. The van der Waals surface area contributed by atoms with Crippen molar-refractivity contribution in [3.8, 4) is 5.69 Å². The summed E-state index contributed by atoms with van der Waals surface area (Å²) in [5.41, 5.74) is 1.74. The van der Waals surface area contributed by atoms with Crippen LogP contribution in [0.1, 0.15) is 5.69 Å². The molecule has 4 rings (SSSR count). The molecule has 0 aliphatic carbocycles. The van der Waals surface area contributed by atoms with Crippen LogP contribution in [-0.2, 0) is 13.6 Å². The van der Waals surface area contributed by atoms with Crippen molar-refractivity contribution in [1.82, 2.24) is 19.2 Å². The van der Waals surface area contributed by atoms with Crippen LogP contribution in [0.4, 0.5) is 10.1 Å². The van der Waals surface area contributed by atoms with Gasteiger partial charge in [0.15, 0.2) is 0 Å². The molecule has 0 bridgehead atoms. The molecule has 30 heavy (non-hydrogen) atoms. The molecule has 1 aromatic carbocycles. The fourth-order valence-electron chi connectivity index (χ4n) is 3.71. The molecule has 1 fully saturated rings. The Bertz CT molecular complexity index is 1100. The van der Waals surface area contributed by atoms with Crippen molar-refractivity contribution in [2.24, 2.45) is 7.05 Å². The third-order valence-electron chi connectivity index (χ3n) is 5.29. The van der Waals surface area contributed by atoms with Gasteiger partial charge in [-0.25, -0.2) is 9.07 Å². The van der Waals surface area contributed by atoms with Gasteiger partial charge >= 0.3 is 0 Å². The number of aromatic nitrogens is 3. The molecule has 6 nitrogen and oxygen atoms in total. The van der Waals surface area contributed by atoms with Crippen LogP contribution < -0.4 is 10.5 Å². The number of anilines is 1. The standard InChI is InChI=1S/C20H19Cl3FN5O/c1-26-17(18(23)20(30)29(26)14-4-2-13(24)3-5-14)12-27-6-8-28(9-7-27)19-15(21)10-25-11-16(19)22/h2-5,10-11H,6-9,12H2,1H3. The van der Waals surface area contributed by atoms with E-state index in [-0.39, 0.29) is 16.4 Å². The monoisotopic (exact) mass is 469 g/mol. The fraction of sp³-hybridized carbons (Fsp3) is 0.300. The van der Waals surface area contributed by atoms with Crippen molar-refractivity contribution in [3.63, 3.8) is 0 Å². The van der Waals surface area contributed by atoms with Gasteiger partial charge in [0.25, 0.3) is 5.56 Å². The van der Waals surface area contributed by atoms with Gasteiger partial charge in [-0.05, 0) is 24.3 Å². The zero-order valence-electron chi connectivity index (χ0n) is 16.2. The first-order chi connectivity index (χ1) is 14.4. The van der Waals surface area contributed by atoms with E-state index >= 15 is 0 Å². The Morgan fingerprint density at radius 3 is 2.20 bits per heavy atom. The fourth-order valence-corrected chi connectivity index (χ4v) is 4.57. The number of piperazine rings is 1. The summed E-state index contributed by atoms with van der Waals surface area (Å²) in [6, 6.07) is 5.74. The Balaban J connectivity index is 1.52. The highest BCUT2D eigenvalue weighted by Gasteiger charge is 2.24. The van der Waals surface area contributed by atoms with Crippen molar-refractivity contribution in [2.75, 3.05) is 31.1 Å². The van der Waals surface area contributed by atoms with Crippen molar-refractivity contribution in [2.45, 2.75) is 6.54 Å². The third-order valence-corrected chi connectivity index (χ3v) is 6.22. The summed E-state index contributed by atoms with van der Waals surface area (Å²) in [6.07, 6.45) is 3.17. The lowest BCUT2D eigenvalue weighted by molar-refractivity contribution is 0.243. The number of hydrogen-bond acceptors (Lipinski definition) is 4. The van der Waals surface area contributed by atoms with Crippen molar-refractivity contribution >= 4 is 40.5 Å². The molecule has 0 amide bonds. The van der Waals surface area contributed by atoms with Gasteiger partial charge in [-0.2, -0.15) is 0 Å². The lowest BCUT2D eigenvalue weighted by atomic mass is 10.2. The van der Waals surface area contributed by atoms with Crippen LogP contribution in [0.5, 0.6) is 0 Å². The molecule has 0 spiro atoms. The number of nitrogens with zero attached hydrogens (tertiary/aromatic N) is 5. The first-order valence-electron chi connectivity index (χ1n) is 9.35. The van der Waals surface area contributed by atoms with E-state index in [1.807, 2.05) is 0 Å². The predicted octanol–water partition coefficient (Wildman–Crippen LogP) is 3.99. The van der Waals surface area contributed by atoms with E-state index in [0.29, 0.717) is 28.0 Å². The Labute approximate surface area is 188 Å². The largest absolute Gasteiger partial charge is 0.366 e. The zero-order chi connectivity index (χ0) is 21.4. The van der Waals surface area contributed by atoms with Gasteiger partial charge in [-0.15, -0.1) is 0 Å². The first-order valence-corrected chi connectivity index (χ1v) is 10.5. The summed E-state index contributed by atoms with van der Waals surface area (Å²) in [5, 5.41) is 1.22. The Kier molecular flexibility index (Phi) is 6.06. The highest BCUT2D eigenvalue weighted by atomic mass is 35.5. The van der Waals surface area contributed by atoms with Crippen LogP contribution in [-0.4, -0.2) is 45.4 Å². The van der Waals surface area contributed by atoms with Crippen LogP contribution in [0.2, 0.25) is 15.1 Å². The lowest BCUT2D eigenvalue weighted by Gasteiger charge is -2.36. The number of rotatable bonds is 4. The molecule has 2 aromatic heterocycles. The average molecular weight is 471 g/mol. The van der Waals surface area contributed by atoms with Crippen LogP contribution >= 0.6 is 34.8 Å². The third kappa shape index (κ3) is 3.95. The molecule has 10 heteroatoms. The Morgan fingerprint density at radius 1 is 1.00 bits per heavy atom. The second-order valence-electron chi connectivity index (χ2n) is 7.09. The van der Waals surface area contributed by atoms with E-state index in [9.17, 15) is 9.18 Å². The topological polar surface area (TPSA) is 46.3 Å². The normalized spacial score (nSPS) is 15.0. The molecule has 3 aromatic rings. The van der Waals surface area contributed by atoms with Gasteiger partial charge in [0.2, 0.25) is 0 Å². The first kappa shape index (κ1) is 21.2. The van der Waals surface area contributed by atoms with E-state index < -0.39 is 0 Å². The summed E-state index contributed by atoms with van der Waals surface area (Å²) in [5.74, 6) is -0.361. The quantitative estimate of drug-likeness (QED) is 0.578. The molecule has 0 unspecified atom stereocenters. The minimum Gasteiger partial charge on any atom is -0.366 e. The summed E-state index contributed by atoms with van der Waals surface area (Å²) in [4.78, 5) is 21.1. The molecule has 0 atom stereocenters. The van der Waals surface area contributed by atoms with E-state index in [2.05, 4.69) is 14.8 Å². The Hall–Kier alpha value is -2.06. The molecule has 158 valence electrons. The summed E-state index contributed by atoms with van der Waals surface area (Å²) in [7, 11) is 1.78. The van der Waals surface area contributed by atoms with Gasteiger partial charge in [-0.3, -0.25) is 19.4 Å². The number of benzene rings is 1. The van der Waals surface area contributed by atoms with E-state index in [0.717, 1.165) is 31.9 Å². The zero-order valence-corrected chi connectivity index (χ0v) is 18.4. The molecule has 1 saturated heterocycles. The van der Waals surface area contributed by atoms with E-state index in [1.165, 1.54) is 16.8 Å². The van der Waals surface area contributed by atoms with Crippen molar-refractivity contribution in [3.05, 3.63) is 73.6 Å². The van der Waals surface area contributed by atoms with Crippen LogP contribution in [0.25, 0.3) is 5.69 Å². The van der Waals surface area contributed by atoms with Gasteiger partial charge in [0.1, 0.15) is 10.8 Å². The van der Waals surface area contributed by atoms with E-state index in [1.54, 1.807) is 36.3 Å². The lowest BCUT2D eigenvalue weighted by Crippen LogP contribution is -2.46. The van der Waals surface area contributed by atoms with Gasteiger partial charge in [-0.1, -0.05) is 34.8 Å². The van der Waals surface area contributed by atoms with Gasteiger partial charge < -0.3 is 4.90 Å². The summed E-state index contributed by atoms with van der Waals surface area (Å²) >= 11 is 18.9. The number of pyridine rings is 1. The highest BCUT2D eigenvalue weighted by Crippen LogP contribution is 2.33. The molecule has 0 radical (unpaired) electrons. The smallest absolute Gasteiger partial charge is 0.290 e. The van der Waals surface area contributed by atoms with Crippen LogP contribution in [0.3, 0.4) is 0 Å². The van der Waals surface area contributed by atoms with Crippen LogP contribution in [0, 0.1) is 5.82 Å². The SMILES string of the molecule is Cn1c(CN2CCN(c3c(Cl)cncc3Cl)CC2)c(Cl)c(=O)n1-c1ccc(F)cc1. The van der Waals surface area contributed by atoms with Gasteiger partial charge in [0, 0.05) is 52.2 Å². The minimum atomic E-state index is -0.361. The maximum absolute atomic E-state index is 13.3. The second-order valence-corrected chi connectivity index (χ2v) is 8.28. The summed E-state index contributed by atoms with van der Waals surface area (Å²) in [6.45, 7) is 3.48. The highest BCUT2D eigenvalue weighted by molar-refractivity contribution is 6.38. The molecular formula is C20H19Cl3FN5O.